The average molecular weight is 254 g/mol. The summed E-state index contributed by atoms with van der Waals surface area (Å²) in [7, 11) is 0. The minimum Gasteiger partial charge on any atom is -0.462 e. The lowest BCUT2D eigenvalue weighted by atomic mass is 9.76. The molecule has 1 unspecified atom stereocenters. The van der Waals surface area contributed by atoms with E-state index in [2.05, 4.69) is 6.58 Å². The zero-order valence-corrected chi connectivity index (χ0v) is 10.9. The summed E-state index contributed by atoms with van der Waals surface area (Å²) in [6.45, 7) is 5.37. The third kappa shape index (κ3) is 4.26. The van der Waals surface area contributed by atoms with Crippen molar-refractivity contribution in [1.29, 1.82) is 0 Å². The number of carbonyl (C=O) groups is 2. The standard InChI is InChI=1S/C14H22O4/c1-10(2)14(17)18-9-13(8-16)12-5-3-11(7-15)4-6-12/h7,11-13,16H,1,3-6,8-9H2,2H3. The molecule has 1 fully saturated rings. The van der Waals surface area contributed by atoms with E-state index in [4.69, 9.17) is 4.74 Å². The maximum atomic E-state index is 11.3. The maximum absolute atomic E-state index is 11.3. The SMILES string of the molecule is C=C(C)C(=O)OCC(CO)C1CCC(C=O)CC1. The van der Waals surface area contributed by atoms with Gasteiger partial charge in [-0.25, -0.2) is 4.79 Å². The molecule has 1 rings (SSSR count). The van der Waals surface area contributed by atoms with E-state index in [0.717, 1.165) is 32.0 Å². The molecule has 0 amide bonds. The van der Waals surface area contributed by atoms with Crippen LogP contribution in [-0.2, 0) is 14.3 Å². The summed E-state index contributed by atoms with van der Waals surface area (Å²) in [5, 5.41) is 9.37. The van der Waals surface area contributed by atoms with E-state index < -0.39 is 5.97 Å². The predicted octanol–water partition coefficient (Wildman–Crippen LogP) is 1.72. The first-order valence-electron chi connectivity index (χ1n) is 6.47. The number of aldehydes is 1. The van der Waals surface area contributed by atoms with Crippen LogP contribution in [0.4, 0.5) is 0 Å². The molecule has 102 valence electrons. The van der Waals surface area contributed by atoms with Crippen LogP contribution < -0.4 is 0 Å². The molecule has 1 saturated carbocycles. The van der Waals surface area contributed by atoms with Crippen LogP contribution in [0, 0.1) is 17.8 Å². The molecule has 0 spiro atoms. The smallest absolute Gasteiger partial charge is 0.333 e. The van der Waals surface area contributed by atoms with Crippen LogP contribution in [0.5, 0.6) is 0 Å². The van der Waals surface area contributed by atoms with Crippen LogP contribution in [0.1, 0.15) is 32.6 Å². The summed E-state index contributed by atoms with van der Waals surface area (Å²) in [5.41, 5.74) is 0.372. The fraction of sp³-hybridized carbons (Fsp3) is 0.714. The first kappa shape index (κ1) is 14.9. The van der Waals surface area contributed by atoms with E-state index in [1.165, 1.54) is 0 Å². The Morgan fingerprint density at radius 3 is 2.50 bits per heavy atom. The van der Waals surface area contributed by atoms with Crippen LogP contribution in [-0.4, -0.2) is 30.6 Å². The first-order chi connectivity index (χ1) is 8.58. The van der Waals surface area contributed by atoms with E-state index in [-0.39, 0.29) is 25.0 Å². The van der Waals surface area contributed by atoms with Gasteiger partial charge in [0.1, 0.15) is 6.29 Å². The quantitative estimate of drug-likeness (QED) is 0.445. The van der Waals surface area contributed by atoms with Gasteiger partial charge >= 0.3 is 5.97 Å². The third-order valence-corrected chi connectivity index (χ3v) is 3.69. The van der Waals surface area contributed by atoms with E-state index >= 15 is 0 Å². The minimum absolute atomic E-state index is 0.0138. The van der Waals surface area contributed by atoms with Crippen molar-refractivity contribution in [2.24, 2.45) is 17.8 Å². The van der Waals surface area contributed by atoms with Crippen molar-refractivity contribution in [1.82, 2.24) is 0 Å². The molecule has 1 aliphatic rings. The lowest BCUT2D eigenvalue weighted by molar-refractivity contribution is -0.141. The van der Waals surface area contributed by atoms with Crippen molar-refractivity contribution < 1.29 is 19.4 Å². The summed E-state index contributed by atoms with van der Waals surface area (Å²) >= 11 is 0. The highest BCUT2D eigenvalue weighted by molar-refractivity contribution is 5.86. The van der Waals surface area contributed by atoms with Crippen molar-refractivity contribution >= 4 is 12.3 Å². The van der Waals surface area contributed by atoms with Gasteiger partial charge in [0, 0.05) is 24.0 Å². The Hall–Kier alpha value is -1.16. The molecule has 18 heavy (non-hydrogen) atoms. The molecule has 4 heteroatoms. The number of hydrogen-bond donors (Lipinski definition) is 1. The summed E-state index contributed by atoms with van der Waals surface area (Å²) in [4.78, 5) is 22.0. The second kappa shape index (κ2) is 7.31. The Morgan fingerprint density at radius 1 is 1.44 bits per heavy atom. The minimum atomic E-state index is -0.407. The number of esters is 1. The second-order valence-corrected chi connectivity index (χ2v) is 5.13. The Balaban J connectivity index is 2.39. The molecule has 1 aliphatic carbocycles. The van der Waals surface area contributed by atoms with E-state index in [1.54, 1.807) is 6.92 Å². The van der Waals surface area contributed by atoms with Crippen molar-refractivity contribution in [3.63, 3.8) is 0 Å². The normalized spacial score (nSPS) is 25.2. The van der Waals surface area contributed by atoms with Gasteiger partial charge in [-0.3, -0.25) is 0 Å². The molecule has 1 atom stereocenters. The molecular formula is C14H22O4. The number of aliphatic hydroxyl groups is 1. The van der Waals surface area contributed by atoms with Gasteiger partial charge in [-0.15, -0.1) is 0 Å². The largest absolute Gasteiger partial charge is 0.462 e. The van der Waals surface area contributed by atoms with Gasteiger partial charge < -0.3 is 14.6 Å². The molecule has 0 radical (unpaired) electrons. The van der Waals surface area contributed by atoms with Gasteiger partial charge in [0.05, 0.1) is 6.61 Å². The van der Waals surface area contributed by atoms with E-state index in [0.29, 0.717) is 11.5 Å². The lowest BCUT2D eigenvalue weighted by Crippen LogP contribution is -2.29. The molecule has 0 heterocycles. The lowest BCUT2D eigenvalue weighted by Gasteiger charge is -2.30. The molecule has 0 aromatic rings. The molecule has 4 nitrogen and oxygen atoms in total. The van der Waals surface area contributed by atoms with Crippen LogP contribution in [0.2, 0.25) is 0 Å². The number of carbonyl (C=O) groups excluding carboxylic acids is 2. The zero-order chi connectivity index (χ0) is 13.5. The fourth-order valence-corrected chi connectivity index (χ4v) is 2.40. The van der Waals surface area contributed by atoms with Gasteiger partial charge in [-0.05, 0) is 38.5 Å². The van der Waals surface area contributed by atoms with Crippen molar-refractivity contribution in [2.75, 3.05) is 13.2 Å². The van der Waals surface area contributed by atoms with Crippen LogP contribution in [0.15, 0.2) is 12.2 Å². The van der Waals surface area contributed by atoms with E-state index in [9.17, 15) is 14.7 Å². The molecule has 0 aromatic heterocycles. The van der Waals surface area contributed by atoms with Gasteiger partial charge in [-0.2, -0.15) is 0 Å². The van der Waals surface area contributed by atoms with Crippen molar-refractivity contribution in [3.05, 3.63) is 12.2 Å². The first-order valence-corrected chi connectivity index (χ1v) is 6.47. The summed E-state index contributed by atoms with van der Waals surface area (Å²) in [6.07, 6.45) is 4.60. The van der Waals surface area contributed by atoms with E-state index in [1.807, 2.05) is 0 Å². The highest BCUT2D eigenvalue weighted by Gasteiger charge is 2.27. The van der Waals surface area contributed by atoms with Crippen LogP contribution >= 0.6 is 0 Å². The van der Waals surface area contributed by atoms with Crippen molar-refractivity contribution in [3.8, 4) is 0 Å². The van der Waals surface area contributed by atoms with Crippen LogP contribution in [0.3, 0.4) is 0 Å². The van der Waals surface area contributed by atoms with Gasteiger partial charge in [0.15, 0.2) is 0 Å². The molecule has 0 bridgehead atoms. The second-order valence-electron chi connectivity index (χ2n) is 5.13. The highest BCUT2D eigenvalue weighted by Crippen LogP contribution is 2.32. The Labute approximate surface area is 108 Å². The Morgan fingerprint density at radius 2 is 2.06 bits per heavy atom. The summed E-state index contributed by atoms with van der Waals surface area (Å²) in [5.74, 6) is 0.0682. The molecule has 0 aromatic carbocycles. The zero-order valence-electron chi connectivity index (χ0n) is 10.9. The monoisotopic (exact) mass is 254 g/mol. The Bertz CT molecular complexity index is 303. The van der Waals surface area contributed by atoms with Gasteiger partial charge in [0.2, 0.25) is 0 Å². The van der Waals surface area contributed by atoms with Crippen molar-refractivity contribution in [2.45, 2.75) is 32.6 Å². The number of rotatable bonds is 6. The number of ether oxygens (including phenoxy) is 1. The highest BCUT2D eigenvalue weighted by atomic mass is 16.5. The van der Waals surface area contributed by atoms with Gasteiger partial charge in [-0.1, -0.05) is 6.58 Å². The fourth-order valence-electron chi connectivity index (χ4n) is 2.40. The molecular weight excluding hydrogens is 232 g/mol. The predicted molar refractivity (Wildman–Crippen MR) is 67.9 cm³/mol. The molecule has 0 aliphatic heterocycles. The third-order valence-electron chi connectivity index (χ3n) is 3.69. The topological polar surface area (TPSA) is 63.6 Å². The summed E-state index contributed by atoms with van der Waals surface area (Å²) in [6, 6.07) is 0. The average Bonchev–Trinajstić information content (AvgIpc) is 2.39. The van der Waals surface area contributed by atoms with Gasteiger partial charge in [0.25, 0.3) is 0 Å². The maximum Gasteiger partial charge on any atom is 0.333 e. The Kier molecular flexibility index (Phi) is 6.05. The summed E-state index contributed by atoms with van der Waals surface area (Å²) < 4.78 is 5.09. The number of hydrogen-bond acceptors (Lipinski definition) is 4. The molecule has 1 N–H and O–H groups in total. The number of aliphatic hydroxyl groups excluding tert-OH is 1. The van der Waals surface area contributed by atoms with Crippen LogP contribution in [0.25, 0.3) is 0 Å². The molecule has 0 saturated heterocycles.